The molecule has 0 aliphatic carbocycles. The van der Waals surface area contributed by atoms with Crippen LogP contribution in [0.4, 0.5) is 22.7 Å². The van der Waals surface area contributed by atoms with Crippen molar-refractivity contribution < 1.29 is 36.2 Å². The van der Waals surface area contributed by atoms with Gasteiger partial charge >= 0.3 is 0 Å². The van der Waals surface area contributed by atoms with Gasteiger partial charge in [0, 0.05) is 21.5 Å². The van der Waals surface area contributed by atoms with Crippen LogP contribution in [0.5, 0.6) is 11.5 Å². The van der Waals surface area contributed by atoms with Crippen LogP contribution in [-0.4, -0.2) is 36.2 Å². The number of benzene rings is 6. The Morgan fingerprint density at radius 1 is 0.510 bits per heavy atom. The van der Waals surface area contributed by atoms with Crippen molar-refractivity contribution in [3.8, 4) is 11.5 Å². The smallest absolute Gasteiger partial charge is 0.295 e. The van der Waals surface area contributed by atoms with Crippen LogP contribution in [0, 0.1) is 13.8 Å². The molecule has 0 radical (unpaired) electrons. The molecule has 0 heterocycles. The molecule has 6 aromatic carbocycles. The van der Waals surface area contributed by atoms with Crippen molar-refractivity contribution in [2.75, 3.05) is 0 Å². The summed E-state index contributed by atoms with van der Waals surface area (Å²) in [6.45, 7) is 3.90. The first-order valence-corrected chi connectivity index (χ1v) is 17.6. The highest BCUT2D eigenvalue weighted by Gasteiger charge is 2.18. The number of aryl methyl sites for hydroxylation is 2. The van der Waals surface area contributed by atoms with Gasteiger partial charge in [-0.3, -0.25) is 9.11 Å². The number of phenols is 2. The molecule has 4 N–H and O–H groups in total. The summed E-state index contributed by atoms with van der Waals surface area (Å²) in [5.41, 5.74) is 5.39. The quantitative estimate of drug-likeness (QED) is 0.0892. The van der Waals surface area contributed by atoms with Gasteiger partial charge in [0.2, 0.25) is 0 Å². The molecule has 0 saturated heterocycles. The van der Waals surface area contributed by atoms with E-state index in [-0.39, 0.29) is 54.2 Å². The van der Waals surface area contributed by atoms with Crippen LogP contribution in [0.15, 0.2) is 127 Å². The molecule has 49 heavy (non-hydrogen) atoms. The molecule has 6 aromatic rings. The maximum Gasteiger partial charge on any atom is 0.295 e. The molecule has 14 heteroatoms. The Bertz CT molecular complexity index is 2410. The normalized spacial score (nSPS) is 12.5. The largest absolute Gasteiger partial charge is 0.505 e. The van der Waals surface area contributed by atoms with Crippen LogP contribution in [-0.2, 0) is 26.7 Å². The molecule has 0 aromatic heterocycles. The van der Waals surface area contributed by atoms with E-state index in [0.717, 1.165) is 22.3 Å². The van der Waals surface area contributed by atoms with Gasteiger partial charge in [-0.15, -0.1) is 10.2 Å². The molecule has 0 atom stereocenters. The molecule has 0 amide bonds. The van der Waals surface area contributed by atoms with E-state index in [1.54, 1.807) is 12.1 Å². The lowest BCUT2D eigenvalue weighted by Crippen LogP contribution is -1.98. The van der Waals surface area contributed by atoms with Crippen molar-refractivity contribution in [3.63, 3.8) is 0 Å². The van der Waals surface area contributed by atoms with Crippen molar-refractivity contribution in [3.05, 3.63) is 119 Å². The second kappa shape index (κ2) is 12.8. The molecule has 0 bridgehead atoms. The van der Waals surface area contributed by atoms with Gasteiger partial charge in [-0.2, -0.15) is 27.1 Å². The molecular formula is C35H28N4O8S2. The lowest BCUT2D eigenvalue weighted by molar-refractivity contribution is 0.480. The first kappa shape index (κ1) is 33.4. The molecule has 0 aliphatic heterocycles. The SMILES string of the molecule is Cc1cc(N=Nc2ccc3c(S(=O)(=O)O)cccc3c2O)ccc1Cc1ccc(N=Nc2ccc3c(S(=O)(=O)O)cccc3c2O)cc1C. The molecule has 12 nitrogen and oxygen atoms in total. The Balaban J connectivity index is 1.18. The average molecular weight is 697 g/mol. The fraction of sp³-hybridized carbons (Fsp3) is 0.0857. The highest BCUT2D eigenvalue weighted by Crippen LogP contribution is 2.39. The lowest BCUT2D eigenvalue weighted by Gasteiger charge is -2.10. The Labute approximate surface area is 281 Å². The summed E-state index contributed by atoms with van der Waals surface area (Å²) >= 11 is 0. The van der Waals surface area contributed by atoms with Gasteiger partial charge in [0.05, 0.1) is 11.4 Å². The van der Waals surface area contributed by atoms with Crippen LogP contribution in [0.3, 0.4) is 0 Å². The number of aromatic hydroxyl groups is 2. The first-order valence-electron chi connectivity index (χ1n) is 14.7. The van der Waals surface area contributed by atoms with E-state index < -0.39 is 20.2 Å². The molecule has 0 saturated carbocycles. The van der Waals surface area contributed by atoms with Crippen LogP contribution in [0.2, 0.25) is 0 Å². The van der Waals surface area contributed by atoms with E-state index in [0.29, 0.717) is 17.8 Å². The van der Waals surface area contributed by atoms with Gasteiger partial charge in [0.15, 0.2) is 11.5 Å². The van der Waals surface area contributed by atoms with E-state index in [4.69, 9.17) is 0 Å². The second-order valence-corrected chi connectivity index (χ2v) is 14.1. The van der Waals surface area contributed by atoms with Gasteiger partial charge in [0.1, 0.15) is 21.2 Å². The molecule has 6 rings (SSSR count). The van der Waals surface area contributed by atoms with Crippen molar-refractivity contribution in [2.24, 2.45) is 20.5 Å². The highest BCUT2D eigenvalue weighted by atomic mass is 32.2. The topological polar surface area (TPSA) is 199 Å². The fourth-order valence-electron chi connectivity index (χ4n) is 5.52. The van der Waals surface area contributed by atoms with Crippen molar-refractivity contribution in [1.29, 1.82) is 0 Å². The standard InChI is InChI=1S/C35H28N4O8S2/c1-20-17-24(36-38-30-15-13-26-28(34(30)40)5-3-7-32(26)48(42,43)44)11-9-22(20)19-23-10-12-25(18-21(23)2)37-39-31-16-14-27-29(35(31)41)6-4-8-33(27)49(45,46)47/h3-18,40-41H,19H2,1-2H3,(H,42,43,44)(H,45,46,47). The minimum Gasteiger partial charge on any atom is -0.505 e. The first-order chi connectivity index (χ1) is 23.2. The third kappa shape index (κ3) is 6.89. The molecule has 248 valence electrons. The van der Waals surface area contributed by atoms with Crippen LogP contribution >= 0.6 is 0 Å². The molecule has 0 unspecified atom stereocenters. The van der Waals surface area contributed by atoms with Gasteiger partial charge in [-0.25, -0.2) is 0 Å². The van der Waals surface area contributed by atoms with E-state index in [2.05, 4.69) is 20.5 Å². The van der Waals surface area contributed by atoms with Crippen molar-refractivity contribution in [2.45, 2.75) is 30.1 Å². The summed E-state index contributed by atoms with van der Waals surface area (Å²) in [4.78, 5) is -0.626. The Morgan fingerprint density at radius 3 is 1.29 bits per heavy atom. The monoisotopic (exact) mass is 696 g/mol. The molecule has 0 fully saturated rings. The number of fused-ring (bicyclic) bond motifs is 2. The summed E-state index contributed by atoms with van der Waals surface area (Å²) in [6, 6.07) is 25.3. The van der Waals surface area contributed by atoms with Gasteiger partial charge in [-0.1, -0.05) is 48.5 Å². The third-order valence-corrected chi connectivity index (χ3v) is 9.90. The summed E-state index contributed by atoms with van der Waals surface area (Å²) < 4.78 is 65.8. The zero-order valence-corrected chi connectivity index (χ0v) is 27.6. The maximum absolute atomic E-state index is 11.7. The summed E-state index contributed by atoms with van der Waals surface area (Å²) in [7, 11) is -8.96. The van der Waals surface area contributed by atoms with Crippen LogP contribution in [0.1, 0.15) is 22.3 Å². The predicted octanol–water partition coefficient (Wildman–Crippen LogP) is 8.94. The predicted molar refractivity (Wildman–Crippen MR) is 184 cm³/mol. The number of hydrogen-bond acceptors (Lipinski definition) is 10. The number of hydrogen-bond donors (Lipinski definition) is 4. The van der Waals surface area contributed by atoms with Crippen molar-refractivity contribution >= 4 is 64.5 Å². The number of azo groups is 2. The Kier molecular flexibility index (Phi) is 8.73. The van der Waals surface area contributed by atoms with Gasteiger partial charge in [-0.05, 0) is 91.1 Å². The average Bonchev–Trinajstić information content (AvgIpc) is 3.05. The zero-order chi connectivity index (χ0) is 35.1. The fourth-order valence-corrected chi connectivity index (χ4v) is 6.94. The maximum atomic E-state index is 11.7. The highest BCUT2D eigenvalue weighted by molar-refractivity contribution is 7.86. The summed E-state index contributed by atoms with van der Waals surface area (Å²) in [6.07, 6.45) is 0.621. The number of nitrogens with zero attached hydrogens (tertiary/aromatic N) is 4. The lowest BCUT2D eigenvalue weighted by atomic mass is 9.97. The molecular weight excluding hydrogens is 669 g/mol. The third-order valence-electron chi connectivity index (χ3n) is 8.08. The number of rotatable bonds is 8. The van der Waals surface area contributed by atoms with Crippen molar-refractivity contribution in [1.82, 2.24) is 0 Å². The second-order valence-electron chi connectivity index (χ2n) is 11.3. The zero-order valence-electron chi connectivity index (χ0n) is 26.0. The summed E-state index contributed by atoms with van der Waals surface area (Å²) in [5.74, 6) is -0.524. The minimum atomic E-state index is -4.48. The van der Waals surface area contributed by atoms with Gasteiger partial charge in [0.25, 0.3) is 20.2 Å². The van der Waals surface area contributed by atoms with E-state index in [1.807, 2.05) is 38.1 Å². The minimum absolute atomic E-state index is 0.136. The summed E-state index contributed by atoms with van der Waals surface area (Å²) in [5, 5.41) is 39.0. The Hall–Kier alpha value is -5.54. The van der Waals surface area contributed by atoms with Crippen LogP contribution < -0.4 is 0 Å². The van der Waals surface area contributed by atoms with E-state index in [9.17, 15) is 36.2 Å². The van der Waals surface area contributed by atoms with E-state index >= 15 is 0 Å². The van der Waals surface area contributed by atoms with Gasteiger partial charge < -0.3 is 10.2 Å². The Morgan fingerprint density at radius 2 is 0.918 bits per heavy atom. The van der Waals surface area contributed by atoms with Crippen LogP contribution in [0.25, 0.3) is 21.5 Å². The number of phenolic OH excluding ortho intramolecular Hbond substituents is 2. The molecule has 0 aliphatic rings. The molecule has 0 spiro atoms. The van der Waals surface area contributed by atoms with E-state index in [1.165, 1.54) is 60.7 Å².